The standard InChI is InChI=1S/C13H24N2O/c1-11-6-9-15(10-7-11)13(16)12-5-3-2-4-8-14-12/h11-12,14H,2-10H2,1H3/t12-/m1/s1. The van der Waals surface area contributed by atoms with Gasteiger partial charge in [0.2, 0.25) is 5.91 Å². The molecule has 92 valence electrons. The van der Waals surface area contributed by atoms with Crippen molar-refractivity contribution in [2.45, 2.75) is 51.5 Å². The van der Waals surface area contributed by atoms with Crippen LogP contribution in [0.3, 0.4) is 0 Å². The van der Waals surface area contributed by atoms with Crippen LogP contribution in [0.4, 0.5) is 0 Å². The lowest BCUT2D eigenvalue weighted by Crippen LogP contribution is -2.48. The number of nitrogens with one attached hydrogen (secondary N) is 1. The lowest BCUT2D eigenvalue weighted by atomic mass is 9.98. The third-order valence-electron chi connectivity index (χ3n) is 3.95. The Bertz CT molecular complexity index is 226. The van der Waals surface area contributed by atoms with E-state index in [9.17, 15) is 4.79 Å². The van der Waals surface area contributed by atoms with Gasteiger partial charge in [0.1, 0.15) is 0 Å². The molecule has 1 N–H and O–H groups in total. The van der Waals surface area contributed by atoms with Gasteiger partial charge in [-0.15, -0.1) is 0 Å². The molecule has 0 spiro atoms. The maximum Gasteiger partial charge on any atom is 0.239 e. The fraction of sp³-hybridized carbons (Fsp3) is 0.923. The summed E-state index contributed by atoms with van der Waals surface area (Å²) in [6.07, 6.45) is 7.09. The second-order valence-electron chi connectivity index (χ2n) is 5.36. The third kappa shape index (κ3) is 2.97. The van der Waals surface area contributed by atoms with Gasteiger partial charge in [0, 0.05) is 13.1 Å². The first kappa shape index (κ1) is 11.9. The van der Waals surface area contributed by atoms with Crippen molar-refractivity contribution in [1.82, 2.24) is 10.2 Å². The average Bonchev–Trinajstić information content (AvgIpc) is 2.57. The molecule has 3 heteroatoms. The van der Waals surface area contributed by atoms with Crippen LogP contribution in [-0.4, -0.2) is 36.5 Å². The molecule has 0 aliphatic carbocycles. The predicted octanol–water partition coefficient (Wildman–Crippen LogP) is 1.78. The quantitative estimate of drug-likeness (QED) is 0.736. The van der Waals surface area contributed by atoms with Gasteiger partial charge < -0.3 is 10.2 Å². The van der Waals surface area contributed by atoms with Crippen LogP contribution in [0, 0.1) is 5.92 Å². The Morgan fingerprint density at radius 2 is 1.88 bits per heavy atom. The number of likely N-dealkylation sites (tertiary alicyclic amines) is 1. The van der Waals surface area contributed by atoms with Crippen molar-refractivity contribution in [2.75, 3.05) is 19.6 Å². The van der Waals surface area contributed by atoms with E-state index < -0.39 is 0 Å². The van der Waals surface area contributed by atoms with E-state index >= 15 is 0 Å². The smallest absolute Gasteiger partial charge is 0.239 e. The minimum atomic E-state index is 0.107. The second kappa shape index (κ2) is 5.67. The fourth-order valence-corrected chi connectivity index (χ4v) is 2.69. The number of nitrogens with zero attached hydrogens (tertiary/aromatic N) is 1. The van der Waals surface area contributed by atoms with E-state index in [-0.39, 0.29) is 6.04 Å². The molecule has 0 radical (unpaired) electrons. The number of carbonyl (C=O) groups is 1. The largest absolute Gasteiger partial charge is 0.341 e. The first-order valence-corrected chi connectivity index (χ1v) is 6.79. The molecule has 0 bridgehead atoms. The van der Waals surface area contributed by atoms with Crippen molar-refractivity contribution < 1.29 is 4.79 Å². The lowest BCUT2D eigenvalue weighted by molar-refractivity contribution is -0.134. The van der Waals surface area contributed by atoms with Crippen LogP contribution in [0.5, 0.6) is 0 Å². The first-order chi connectivity index (χ1) is 7.77. The molecule has 2 aliphatic heterocycles. The minimum Gasteiger partial charge on any atom is -0.341 e. The number of carbonyl (C=O) groups excluding carboxylic acids is 1. The third-order valence-corrected chi connectivity index (χ3v) is 3.95. The number of hydrogen-bond acceptors (Lipinski definition) is 2. The van der Waals surface area contributed by atoms with Crippen LogP contribution in [0.15, 0.2) is 0 Å². The Labute approximate surface area is 98.6 Å². The van der Waals surface area contributed by atoms with Gasteiger partial charge in [0.05, 0.1) is 6.04 Å². The molecule has 0 aromatic rings. The fourth-order valence-electron chi connectivity index (χ4n) is 2.69. The van der Waals surface area contributed by atoms with E-state index in [2.05, 4.69) is 17.1 Å². The molecular weight excluding hydrogens is 200 g/mol. The van der Waals surface area contributed by atoms with Crippen molar-refractivity contribution >= 4 is 5.91 Å². The molecule has 0 unspecified atom stereocenters. The first-order valence-electron chi connectivity index (χ1n) is 6.79. The van der Waals surface area contributed by atoms with Crippen LogP contribution in [-0.2, 0) is 4.79 Å². The Kier molecular flexibility index (Phi) is 4.22. The zero-order valence-corrected chi connectivity index (χ0v) is 10.4. The van der Waals surface area contributed by atoms with Crippen LogP contribution in [0.2, 0.25) is 0 Å². The van der Waals surface area contributed by atoms with Crippen LogP contribution >= 0.6 is 0 Å². The van der Waals surface area contributed by atoms with Gasteiger partial charge in [-0.3, -0.25) is 4.79 Å². The van der Waals surface area contributed by atoms with Crippen LogP contribution in [0.25, 0.3) is 0 Å². The van der Waals surface area contributed by atoms with Crippen molar-refractivity contribution in [3.8, 4) is 0 Å². The number of amides is 1. The second-order valence-corrected chi connectivity index (χ2v) is 5.36. The van der Waals surface area contributed by atoms with E-state index in [0.717, 1.165) is 32.0 Å². The average molecular weight is 224 g/mol. The van der Waals surface area contributed by atoms with Gasteiger partial charge in [-0.05, 0) is 38.1 Å². The molecule has 0 aromatic heterocycles. The SMILES string of the molecule is CC1CCN(C(=O)[C@H]2CCCCCN2)CC1. The maximum absolute atomic E-state index is 12.3. The topological polar surface area (TPSA) is 32.3 Å². The van der Waals surface area contributed by atoms with Crippen molar-refractivity contribution in [1.29, 1.82) is 0 Å². The molecule has 0 aromatic carbocycles. The summed E-state index contributed by atoms with van der Waals surface area (Å²) in [4.78, 5) is 14.3. The number of rotatable bonds is 1. The molecule has 2 fully saturated rings. The van der Waals surface area contributed by atoms with Crippen molar-refractivity contribution in [3.05, 3.63) is 0 Å². The summed E-state index contributed by atoms with van der Waals surface area (Å²) in [5.74, 6) is 1.15. The molecule has 2 saturated heterocycles. The molecule has 1 amide bonds. The molecule has 0 saturated carbocycles. The van der Waals surface area contributed by atoms with Crippen molar-refractivity contribution in [3.63, 3.8) is 0 Å². The summed E-state index contributed by atoms with van der Waals surface area (Å²) in [5, 5.41) is 3.40. The zero-order chi connectivity index (χ0) is 11.4. The van der Waals surface area contributed by atoms with E-state index in [0.29, 0.717) is 5.91 Å². The van der Waals surface area contributed by atoms with Gasteiger partial charge in [-0.1, -0.05) is 19.8 Å². The highest BCUT2D eigenvalue weighted by atomic mass is 16.2. The van der Waals surface area contributed by atoms with E-state index in [1.54, 1.807) is 0 Å². The zero-order valence-electron chi connectivity index (χ0n) is 10.4. The van der Waals surface area contributed by atoms with Gasteiger partial charge in [-0.25, -0.2) is 0 Å². The predicted molar refractivity (Wildman–Crippen MR) is 65.2 cm³/mol. The Hall–Kier alpha value is -0.570. The molecule has 2 aliphatic rings. The Morgan fingerprint density at radius 1 is 1.12 bits per heavy atom. The minimum absolute atomic E-state index is 0.107. The van der Waals surface area contributed by atoms with E-state index in [4.69, 9.17) is 0 Å². The summed E-state index contributed by atoms with van der Waals surface area (Å²) in [6, 6.07) is 0.107. The monoisotopic (exact) mass is 224 g/mol. The lowest BCUT2D eigenvalue weighted by Gasteiger charge is -2.33. The highest BCUT2D eigenvalue weighted by molar-refractivity contribution is 5.82. The summed E-state index contributed by atoms with van der Waals surface area (Å²) in [5.41, 5.74) is 0. The maximum atomic E-state index is 12.3. The number of piperidine rings is 1. The summed E-state index contributed by atoms with van der Waals surface area (Å²) >= 11 is 0. The van der Waals surface area contributed by atoms with Gasteiger partial charge in [0.15, 0.2) is 0 Å². The number of hydrogen-bond donors (Lipinski definition) is 1. The highest BCUT2D eigenvalue weighted by Gasteiger charge is 2.27. The normalized spacial score (nSPS) is 28.8. The Morgan fingerprint density at radius 3 is 2.62 bits per heavy atom. The molecule has 1 atom stereocenters. The molecule has 2 heterocycles. The van der Waals surface area contributed by atoms with Crippen LogP contribution in [0.1, 0.15) is 45.4 Å². The van der Waals surface area contributed by atoms with Crippen LogP contribution < -0.4 is 5.32 Å². The van der Waals surface area contributed by atoms with Gasteiger partial charge in [0.25, 0.3) is 0 Å². The highest BCUT2D eigenvalue weighted by Crippen LogP contribution is 2.18. The van der Waals surface area contributed by atoms with Gasteiger partial charge in [-0.2, -0.15) is 0 Å². The molecule has 16 heavy (non-hydrogen) atoms. The van der Waals surface area contributed by atoms with Gasteiger partial charge >= 0.3 is 0 Å². The van der Waals surface area contributed by atoms with Crippen molar-refractivity contribution in [2.24, 2.45) is 5.92 Å². The summed E-state index contributed by atoms with van der Waals surface area (Å²) < 4.78 is 0. The molecule has 2 rings (SSSR count). The summed E-state index contributed by atoms with van der Waals surface area (Å²) in [6.45, 7) is 5.24. The van der Waals surface area contributed by atoms with E-state index in [1.165, 1.54) is 32.1 Å². The van der Waals surface area contributed by atoms with E-state index in [1.807, 2.05) is 0 Å². The Balaban J connectivity index is 1.85. The summed E-state index contributed by atoms with van der Waals surface area (Å²) in [7, 11) is 0. The molecular formula is C13H24N2O. The molecule has 3 nitrogen and oxygen atoms in total.